The number of aromatic nitrogens is 1. The first-order valence-corrected chi connectivity index (χ1v) is 7.04. The first kappa shape index (κ1) is 13.5. The van der Waals surface area contributed by atoms with Gasteiger partial charge in [-0.05, 0) is 12.8 Å². The van der Waals surface area contributed by atoms with E-state index >= 15 is 0 Å². The molecular weight excluding hydrogens is 250 g/mol. The van der Waals surface area contributed by atoms with Crippen LogP contribution in [0, 0.1) is 0 Å². The summed E-state index contributed by atoms with van der Waals surface area (Å²) in [6, 6.07) is 0. The van der Waals surface area contributed by atoms with Crippen LogP contribution in [0.3, 0.4) is 0 Å². The number of hydrogen-bond donors (Lipinski definition) is 2. The lowest BCUT2D eigenvalue weighted by molar-refractivity contribution is -0.123. The molecule has 5 nitrogen and oxygen atoms in total. The van der Waals surface area contributed by atoms with Crippen molar-refractivity contribution in [1.82, 2.24) is 10.3 Å². The van der Waals surface area contributed by atoms with E-state index in [1.165, 1.54) is 18.5 Å². The van der Waals surface area contributed by atoms with Crippen LogP contribution in [0.2, 0.25) is 0 Å². The van der Waals surface area contributed by atoms with Crippen molar-refractivity contribution in [3.05, 3.63) is 16.1 Å². The number of methoxy groups -OCH3 is 1. The minimum atomic E-state index is -0.205. The van der Waals surface area contributed by atoms with Crippen LogP contribution >= 0.6 is 11.3 Å². The molecule has 0 saturated heterocycles. The highest BCUT2D eigenvalue weighted by molar-refractivity contribution is 7.09. The summed E-state index contributed by atoms with van der Waals surface area (Å²) in [5, 5.41) is 5.90. The van der Waals surface area contributed by atoms with E-state index in [0.717, 1.165) is 5.01 Å². The van der Waals surface area contributed by atoms with Gasteiger partial charge < -0.3 is 15.8 Å². The highest BCUT2D eigenvalue weighted by atomic mass is 32.1. The van der Waals surface area contributed by atoms with Gasteiger partial charge in [-0.15, -0.1) is 11.3 Å². The number of nitrogens with two attached hydrogens (primary N) is 1. The van der Waals surface area contributed by atoms with Crippen LogP contribution in [-0.2, 0) is 16.1 Å². The molecule has 6 heteroatoms. The SMILES string of the molecule is COC(CN)CC(=O)NCc1nc(C2CC2)cs1. The van der Waals surface area contributed by atoms with Gasteiger partial charge in [-0.2, -0.15) is 0 Å². The number of amides is 1. The largest absolute Gasteiger partial charge is 0.380 e. The summed E-state index contributed by atoms with van der Waals surface area (Å²) in [6.45, 7) is 0.851. The molecule has 0 spiro atoms. The predicted molar refractivity (Wildman–Crippen MR) is 70.4 cm³/mol. The Morgan fingerprint density at radius 1 is 1.72 bits per heavy atom. The van der Waals surface area contributed by atoms with Crippen molar-refractivity contribution in [3.63, 3.8) is 0 Å². The summed E-state index contributed by atoms with van der Waals surface area (Å²) in [7, 11) is 1.56. The highest BCUT2D eigenvalue weighted by Crippen LogP contribution is 2.40. The van der Waals surface area contributed by atoms with Gasteiger partial charge in [0.05, 0.1) is 24.8 Å². The van der Waals surface area contributed by atoms with Gasteiger partial charge in [0, 0.05) is 25.0 Å². The smallest absolute Gasteiger partial charge is 0.223 e. The number of nitrogens with one attached hydrogen (secondary N) is 1. The van der Waals surface area contributed by atoms with E-state index in [1.54, 1.807) is 18.4 Å². The van der Waals surface area contributed by atoms with Gasteiger partial charge in [-0.1, -0.05) is 0 Å². The molecule has 100 valence electrons. The maximum absolute atomic E-state index is 11.6. The molecule has 1 atom stereocenters. The zero-order valence-corrected chi connectivity index (χ0v) is 11.3. The zero-order valence-electron chi connectivity index (χ0n) is 10.5. The third-order valence-electron chi connectivity index (χ3n) is 3.01. The third kappa shape index (κ3) is 3.76. The monoisotopic (exact) mass is 269 g/mol. The van der Waals surface area contributed by atoms with E-state index in [1.807, 2.05) is 0 Å². The average molecular weight is 269 g/mol. The number of rotatable bonds is 7. The van der Waals surface area contributed by atoms with E-state index in [0.29, 0.717) is 25.4 Å². The first-order valence-electron chi connectivity index (χ1n) is 6.16. The van der Waals surface area contributed by atoms with Crippen LogP contribution in [0.25, 0.3) is 0 Å². The quantitative estimate of drug-likeness (QED) is 0.774. The topological polar surface area (TPSA) is 77.2 Å². The second kappa shape index (κ2) is 6.26. The van der Waals surface area contributed by atoms with Crippen molar-refractivity contribution < 1.29 is 9.53 Å². The minimum absolute atomic E-state index is 0.0459. The normalized spacial score (nSPS) is 16.6. The number of carbonyl (C=O) groups excluding carboxylic acids is 1. The van der Waals surface area contributed by atoms with Gasteiger partial charge in [-0.3, -0.25) is 4.79 Å². The van der Waals surface area contributed by atoms with Crippen molar-refractivity contribution in [2.24, 2.45) is 5.73 Å². The molecule has 1 amide bonds. The van der Waals surface area contributed by atoms with Crippen LogP contribution in [0.5, 0.6) is 0 Å². The lowest BCUT2D eigenvalue weighted by atomic mass is 10.2. The van der Waals surface area contributed by atoms with Crippen molar-refractivity contribution in [2.45, 2.75) is 37.8 Å². The summed E-state index contributed by atoms with van der Waals surface area (Å²) >= 11 is 1.61. The number of thiazole rings is 1. The van der Waals surface area contributed by atoms with E-state index in [-0.39, 0.29) is 12.0 Å². The molecule has 0 bridgehead atoms. The van der Waals surface area contributed by atoms with Gasteiger partial charge in [0.25, 0.3) is 0 Å². The van der Waals surface area contributed by atoms with Crippen molar-refractivity contribution in [2.75, 3.05) is 13.7 Å². The second-order valence-electron chi connectivity index (χ2n) is 4.51. The van der Waals surface area contributed by atoms with Crippen LogP contribution in [0.15, 0.2) is 5.38 Å². The molecule has 0 radical (unpaired) electrons. The molecule has 1 aliphatic carbocycles. The highest BCUT2D eigenvalue weighted by Gasteiger charge is 2.25. The van der Waals surface area contributed by atoms with Crippen LogP contribution in [0.4, 0.5) is 0 Å². The lowest BCUT2D eigenvalue weighted by Gasteiger charge is -2.11. The van der Waals surface area contributed by atoms with Crippen molar-refractivity contribution >= 4 is 17.2 Å². The van der Waals surface area contributed by atoms with Gasteiger partial charge in [-0.25, -0.2) is 4.98 Å². The van der Waals surface area contributed by atoms with E-state index < -0.39 is 0 Å². The molecule has 1 fully saturated rings. The fraction of sp³-hybridized carbons (Fsp3) is 0.667. The van der Waals surface area contributed by atoms with Gasteiger partial charge in [0.1, 0.15) is 5.01 Å². The van der Waals surface area contributed by atoms with Crippen LogP contribution in [-0.4, -0.2) is 30.6 Å². The van der Waals surface area contributed by atoms with E-state index in [9.17, 15) is 4.79 Å². The average Bonchev–Trinajstić information content (AvgIpc) is 3.13. The molecule has 1 saturated carbocycles. The third-order valence-corrected chi connectivity index (χ3v) is 3.88. The molecule has 3 N–H and O–H groups in total. The van der Waals surface area contributed by atoms with E-state index in [2.05, 4.69) is 15.7 Å². The maximum atomic E-state index is 11.6. The maximum Gasteiger partial charge on any atom is 0.223 e. The Morgan fingerprint density at radius 2 is 2.50 bits per heavy atom. The number of nitrogens with zero attached hydrogens (tertiary/aromatic N) is 1. The molecule has 1 aliphatic rings. The number of hydrogen-bond acceptors (Lipinski definition) is 5. The number of ether oxygens (including phenoxy) is 1. The Hall–Kier alpha value is -0.980. The first-order chi connectivity index (χ1) is 8.72. The molecule has 1 unspecified atom stereocenters. The molecule has 0 aromatic carbocycles. The molecular formula is C12H19N3O2S. The molecule has 1 aromatic rings. The fourth-order valence-corrected chi connectivity index (χ4v) is 2.50. The van der Waals surface area contributed by atoms with Gasteiger partial charge in [0.2, 0.25) is 5.91 Å². The summed E-state index contributed by atoms with van der Waals surface area (Å²) in [5.41, 5.74) is 6.65. The Balaban J connectivity index is 1.74. The standard InChI is InChI=1S/C12H19N3O2S/c1-17-9(5-13)4-11(16)14-6-12-15-10(7-18-12)8-2-3-8/h7-9H,2-6,13H2,1H3,(H,14,16). The Labute approximate surface area is 111 Å². The molecule has 2 rings (SSSR count). The van der Waals surface area contributed by atoms with Crippen LogP contribution < -0.4 is 11.1 Å². The lowest BCUT2D eigenvalue weighted by Crippen LogP contribution is -2.31. The number of carbonyl (C=O) groups is 1. The van der Waals surface area contributed by atoms with Crippen molar-refractivity contribution in [1.29, 1.82) is 0 Å². The van der Waals surface area contributed by atoms with Gasteiger partial charge in [0.15, 0.2) is 0 Å². The summed E-state index contributed by atoms with van der Waals surface area (Å²) in [4.78, 5) is 16.1. The Morgan fingerprint density at radius 3 is 3.11 bits per heavy atom. The molecule has 1 aromatic heterocycles. The zero-order chi connectivity index (χ0) is 13.0. The Bertz CT molecular complexity index is 400. The summed E-state index contributed by atoms with van der Waals surface area (Å²) in [6.07, 6.45) is 2.60. The predicted octanol–water partition coefficient (Wildman–Crippen LogP) is 1.00. The van der Waals surface area contributed by atoms with Gasteiger partial charge >= 0.3 is 0 Å². The minimum Gasteiger partial charge on any atom is -0.380 e. The molecule has 0 aliphatic heterocycles. The van der Waals surface area contributed by atoms with Crippen LogP contribution in [0.1, 0.15) is 35.9 Å². The Kier molecular flexibility index (Phi) is 4.68. The summed E-state index contributed by atoms with van der Waals surface area (Å²) in [5.74, 6) is 0.622. The molecule has 1 heterocycles. The second-order valence-corrected chi connectivity index (χ2v) is 5.46. The molecule has 18 heavy (non-hydrogen) atoms. The summed E-state index contributed by atoms with van der Waals surface area (Å²) < 4.78 is 5.07. The fourth-order valence-electron chi connectivity index (χ4n) is 1.69. The van der Waals surface area contributed by atoms with E-state index in [4.69, 9.17) is 10.5 Å². The van der Waals surface area contributed by atoms with Crippen molar-refractivity contribution in [3.8, 4) is 0 Å².